The minimum absolute atomic E-state index is 0. The van der Waals surface area contributed by atoms with Crippen molar-refractivity contribution in [2.24, 2.45) is 5.92 Å². The Kier molecular flexibility index (Phi) is 7.11. The van der Waals surface area contributed by atoms with E-state index in [1.165, 1.54) is 12.5 Å². The van der Waals surface area contributed by atoms with Crippen LogP contribution >= 0.6 is 12.4 Å². The molecule has 1 amide bonds. The number of halogens is 4. The molecule has 1 fully saturated rings. The van der Waals surface area contributed by atoms with Crippen LogP contribution in [-0.2, 0) is 0 Å². The number of amides is 1. The largest absolute Gasteiger partial charge is 0.476 e. The molecular formula is C20H18ClF3N6O2. The molecule has 3 heterocycles. The van der Waals surface area contributed by atoms with Gasteiger partial charge in [0.1, 0.15) is 29.3 Å². The zero-order valence-electron chi connectivity index (χ0n) is 16.4. The lowest BCUT2D eigenvalue weighted by molar-refractivity contribution is 0.102. The molecule has 0 spiro atoms. The number of benzene rings is 1. The number of nitrogens with two attached hydrogens (primary N) is 1. The molecule has 168 valence electrons. The molecule has 0 unspecified atom stereocenters. The van der Waals surface area contributed by atoms with Gasteiger partial charge in [-0.2, -0.15) is 4.98 Å². The van der Waals surface area contributed by atoms with Crippen LogP contribution in [0.15, 0.2) is 36.8 Å². The summed E-state index contributed by atoms with van der Waals surface area (Å²) in [5, 5.41) is 5.61. The van der Waals surface area contributed by atoms with Gasteiger partial charge in [0.25, 0.3) is 5.91 Å². The maximum Gasteiger partial charge on any atom is 0.276 e. The van der Waals surface area contributed by atoms with E-state index in [0.29, 0.717) is 12.5 Å². The number of hydrogen-bond acceptors (Lipinski definition) is 7. The summed E-state index contributed by atoms with van der Waals surface area (Å²) in [6.45, 7) is 2.02. The van der Waals surface area contributed by atoms with E-state index in [1.54, 1.807) is 0 Å². The Balaban J connectivity index is 0.00000289. The van der Waals surface area contributed by atoms with Crippen molar-refractivity contribution in [3.63, 3.8) is 0 Å². The first-order chi connectivity index (χ1) is 14.9. The minimum atomic E-state index is -1.07. The van der Waals surface area contributed by atoms with E-state index >= 15 is 0 Å². The van der Waals surface area contributed by atoms with Gasteiger partial charge in [-0.15, -0.1) is 12.4 Å². The van der Waals surface area contributed by atoms with Crippen LogP contribution < -0.4 is 21.1 Å². The maximum atomic E-state index is 14.4. The zero-order chi connectivity index (χ0) is 22.0. The van der Waals surface area contributed by atoms with Gasteiger partial charge in [0.2, 0.25) is 5.88 Å². The fraction of sp³-hybridized carbons (Fsp3) is 0.200. The Bertz CT molecular complexity index is 1130. The lowest BCUT2D eigenvalue weighted by Crippen LogP contribution is -2.45. The molecule has 4 rings (SSSR count). The fourth-order valence-corrected chi connectivity index (χ4v) is 2.95. The number of anilines is 2. The highest BCUT2D eigenvalue weighted by Crippen LogP contribution is 2.29. The predicted octanol–water partition coefficient (Wildman–Crippen LogP) is 2.81. The van der Waals surface area contributed by atoms with Crippen LogP contribution in [0.2, 0.25) is 0 Å². The summed E-state index contributed by atoms with van der Waals surface area (Å²) in [6, 6.07) is 3.83. The number of nitrogen functional groups attached to an aromatic ring is 1. The molecule has 0 saturated carbocycles. The highest BCUT2D eigenvalue weighted by Gasteiger charge is 2.23. The number of rotatable bonds is 6. The Morgan fingerprint density at radius 2 is 1.94 bits per heavy atom. The highest BCUT2D eigenvalue weighted by atomic mass is 35.5. The second-order valence-corrected chi connectivity index (χ2v) is 6.88. The number of nitrogens with zero attached hydrogens (tertiary/aromatic N) is 3. The van der Waals surface area contributed by atoms with E-state index in [0.717, 1.165) is 37.4 Å². The SMILES string of the molecule is Cl.Nc1cc(F)c(-c2c(F)cccc2F)nc1C(=O)Nc1cncnc1OCC1CNC1. The molecule has 1 saturated heterocycles. The van der Waals surface area contributed by atoms with Crippen LogP contribution in [0.5, 0.6) is 5.88 Å². The summed E-state index contributed by atoms with van der Waals surface area (Å²) in [7, 11) is 0. The Labute approximate surface area is 186 Å². The summed E-state index contributed by atoms with van der Waals surface area (Å²) < 4.78 is 48.3. The van der Waals surface area contributed by atoms with Gasteiger partial charge in [0, 0.05) is 25.1 Å². The van der Waals surface area contributed by atoms with Crippen LogP contribution in [0.25, 0.3) is 11.3 Å². The fourth-order valence-electron chi connectivity index (χ4n) is 2.95. The molecule has 4 N–H and O–H groups in total. The van der Waals surface area contributed by atoms with Crippen molar-refractivity contribution in [1.29, 1.82) is 0 Å². The van der Waals surface area contributed by atoms with Gasteiger partial charge in [0.05, 0.1) is 24.1 Å². The average Bonchev–Trinajstić information content (AvgIpc) is 2.69. The number of hydrogen-bond donors (Lipinski definition) is 3. The van der Waals surface area contributed by atoms with Gasteiger partial charge in [-0.25, -0.2) is 23.1 Å². The molecule has 8 nitrogen and oxygen atoms in total. The number of nitrogens with one attached hydrogen (secondary N) is 2. The smallest absolute Gasteiger partial charge is 0.276 e. The first-order valence-corrected chi connectivity index (χ1v) is 9.29. The molecule has 0 aliphatic carbocycles. The van der Waals surface area contributed by atoms with Crippen LogP contribution in [-0.4, -0.2) is 40.6 Å². The van der Waals surface area contributed by atoms with Crippen LogP contribution in [0.4, 0.5) is 24.5 Å². The molecule has 0 bridgehead atoms. The van der Waals surface area contributed by atoms with E-state index in [1.807, 2.05) is 0 Å². The molecule has 2 aromatic heterocycles. The van der Waals surface area contributed by atoms with Crippen molar-refractivity contribution >= 4 is 29.7 Å². The molecular weight excluding hydrogens is 449 g/mol. The van der Waals surface area contributed by atoms with Gasteiger partial charge in [-0.05, 0) is 12.1 Å². The second-order valence-electron chi connectivity index (χ2n) is 6.88. The summed E-state index contributed by atoms with van der Waals surface area (Å²) in [6.07, 6.45) is 2.57. The number of carbonyl (C=O) groups is 1. The Morgan fingerprint density at radius 1 is 1.22 bits per heavy atom. The molecule has 1 aliphatic heterocycles. The molecule has 0 atom stereocenters. The third kappa shape index (κ3) is 4.73. The van der Waals surface area contributed by atoms with Crippen LogP contribution in [0, 0.1) is 23.4 Å². The standard InChI is InChI=1S/C20H17F3N6O2.ClH/c21-11-2-1-3-12(22)16(11)17-13(23)4-14(24)18(29-17)19(30)28-15-7-26-9-27-20(15)31-8-10-5-25-6-10;/h1-4,7,9-10,25H,5-6,8,24H2,(H,28,30);1H. The number of ether oxygens (including phenoxy) is 1. The summed E-state index contributed by atoms with van der Waals surface area (Å²) in [4.78, 5) is 24.4. The molecule has 0 radical (unpaired) electrons. The van der Waals surface area contributed by atoms with Crippen molar-refractivity contribution in [2.75, 3.05) is 30.7 Å². The molecule has 1 aliphatic rings. The average molecular weight is 467 g/mol. The lowest BCUT2D eigenvalue weighted by atomic mass is 10.1. The normalized spacial score (nSPS) is 13.1. The van der Waals surface area contributed by atoms with Crippen molar-refractivity contribution in [1.82, 2.24) is 20.3 Å². The van der Waals surface area contributed by atoms with Gasteiger partial charge < -0.3 is 21.1 Å². The Morgan fingerprint density at radius 3 is 2.59 bits per heavy atom. The van der Waals surface area contributed by atoms with Gasteiger partial charge >= 0.3 is 0 Å². The lowest BCUT2D eigenvalue weighted by Gasteiger charge is -2.26. The quantitative estimate of drug-likeness (QED) is 0.511. The summed E-state index contributed by atoms with van der Waals surface area (Å²) >= 11 is 0. The highest BCUT2D eigenvalue weighted by molar-refractivity contribution is 6.07. The van der Waals surface area contributed by atoms with Gasteiger partial charge in [0.15, 0.2) is 11.5 Å². The summed E-state index contributed by atoms with van der Waals surface area (Å²) in [5.41, 5.74) is 3.78. The van der Waals surface area contributed by atoms with E-state index < -0.39 is 40.3 Å². The topological polar surface area (TPSA) is 115 Å². The monoisotopic (exact) mass is 466 g/mol. The molecule has 1 aromatic carbocycles. The van der Waals surface area contributed by atoms with Crippen molar-refractivity contribution in [3.05, 3.63) is 59.9 Å². The second kappa shape index (κ2) is 9.79. The van der Waals surface area contributed by atoms with E-state index in [-0.39, 0.29) is 29.7 Å². The predicted molar refractivity (Wildman–Crippen MR) is 113 cm³/mol. The van der Waals surface area contributed by atoms with Crippen LogP contribution in [0.1, 0.15) is 10.5 Å². The minimum Gasteiger partial charge on any atom is -0.476 e. The Hall–Kier alpha value is -3.44. The van der Waals surface area contributed by atoms with Crippen molar-refractivity contribution in [3.8, 4) is 17.1 Å². The first kappa shape index (κ1) is 23.2. The molecule has 3 aromatic rings. The first-order valence-electron chi connectivity index (χ1n) is 9.29. The van der Waals surface area contributed by atoms with Crippen molar-refractivity contribution in [2.45, 2.75) is 0 Å². The number of aromatic nitrogens is 3. The van der Waals surface area contributed by atoms with Gasteiger partial charge in [-0.1, -0.05) is 6.07 Å². The zero-order valence-corrected chi connectivity index (χ0v) is 17.3. The summed E-state index contributed by atoms with van der Waals surface area (Å²) in [5.74, 6) is -3.51. The maximum absolute atomic E-state index is 14.4. The number of pyridine rings is 1. The number of carbonyl (C=O) groups excluding carboxylic acids is 1. The van der Waals surface area contributed by atoms with E-state index in [4.69, 9.17) is 10.5 Å². The molecule has 32 heavy (non-hydrogen) atoms. The van der Waals surface area contributed by atoms with Gasteiger partial charge in [-0.3, -0.25) is 4.79 Å². The third-order valence-corrected chi connectivity index (χ3v) is 4.67. The van der Waals surface area contributed by atoms with E-state index in [9.17, 15) is 18.0 Å². The van der Waals surface area contributed by atoms with E-state index in [2.05, 4.69) is 25.6 Å². The third-order valence-electron chi connectivity index (χ3n) is 4.67. The van der Waals surface area contributed by atoms with Crippen LogP contribution in [0.3, 0.4) is 0 Å². The molecule has 12 heteroatoms. The van der Waals surface area contributed by atoms with Crippen molar-refractivity contribution < 1.29 is 22.7 Å².